The second kappa shape index (κ2) is 19.8. The van der Waals surface area contributed by atoms with E-state index in [0.717, 1.165) is 0 Å². The van der Waals surface area contributed by atoms with Crippen molar-refractivity contribution in [3.63, 3.8) is 0 Å². The average Bonchev–Trinajstić information content (AvgIpc) is 1.12. The number of hydrogen-bond donors (Lipinski definition) is 0. The quantitative estimate of drug-likeness (QED) is 0.162. The molecule has 0 fully saturated rings. The molecule has 0 N–H and O–H groups in total. The molecule has 0 amide bonds. The van der Waals surface area contributed by atoms with Gasteiger partial charge in [-0.1, -0.05) is 0 Å². The van der Waals surface area contributed by atoms with E-state index in [1.807, 2.05) is 0 Å². The van der Waals surface area contributed by atoms with Crippen LogP contribution in [0, 0.1) is 0 Å². The Morgan fingerprint density at radius 3 is 0.600 bits per heavy atom. The van der Waals surface area contributed by atoms with Crippen molar-refractivity contribution < 1.29 is 65.5 Å². The van der Waals surface area contributed by atoms with Crippen molar-refractivity contribution in [1.82, 2.24) is 0 Å². The van der Waals surface area contributed by atoms with Gasteiger partial charge in [-0.25, -0.2) is 0 Å². The number of rotatable bonds is 0. The summed E-state index contributed by atoms with van der Waals surface area (Å²) in [5.74, 6) is 0. The van der Waals surface area contributed by atoms with Crippen molar-refractivity contribution in [2.45, 2.75) is 0 Å². The van der Waals surface area contributed by atoms with Gasteiger partial charge in [0.2, 0.25) is 0 Å². The largest absolute Gasteiger partial charge is 2.00 e. The van der Waals surface area contributed by atoms with Crippen LogP contribution < -0.4 is 0 Å². The molecule has 0 rings (SSSR count). The second-order valence-corrected chi connectivity index (χ2v) is 2.45. The van der Waals surface area contributed by atoms with Gasteiger partial charge in [0.25, 0.3) is 0 Å². The van der Waals surface area contributed by atoms with Gasteiger partial charge in [0.15, 0.2) is 0 Å². The average molecular weight is 564 g/mol. The molecule has 15 heteroatoms. The van der Waals surface area contributed by atoms with Gasteiger partial charge in [0.05, 0.1) is 0 Å². The van der Waals surface area contributed by atoms with E-state index >= 15 is 0 Å². The van der Waals surface area contributed by atoms with Crippen molar-refractivity contribution in [3.05, 3.63) is 0 Å². The fraction of sp³-hybridized carbons (Fsp3) is 0. The molecule has 0 aliphatic rings. The van der Waals surface area contributed by atoms with E-state index in [2.05, 4.69) is 0 Å². The summed E-state index contributed by atoms with van der Waals surface area (Å²) in [6.07, 6.45) is 0. The fourth-order valence-electron chi connectivity index (χ4n) is 0. The van der Waals surface area contributed by atoms with Crippen LogP contribution in [-0.4, -0.2) is 133 Å². The van der Waals surface area contributed by atoms with Gasteiger partial charge in [-0.3, -0.25) is 16.8 Å². The van der Waals surface area contributed by atoms with Gasteiger partial charge in [0.1, 0.15) is 0 Å². The van der Waals surface area contributed by atoms with Gasteiger partial charge in [0, 0.05) is 20.8 Å². The van der Waals surface area contributed by atoms with Crippen LogP contribution in [0.25, 0.3) is 0 Å². The summed E-state index contributed by atoms with van der Waals surface area (Å²) in [7, 11) is -10.3. The molecule has 78 valence electrons. The van der Waals surface area contributed by atoms with E-state index in [0.29, 0.717) is 0 Å². The van der Waals surface area contributed by atoms with Gasteiger partial charge < -0.3 is 29.2 Å². The monoisotopic (exact) mass is 564 g/mol. The van der Waals surface area contributed by atoms with E-state index in [9.17, 15) is 0 Å². The minimum absolute atomic E-state index is 0. The summed E-state index contributed by atoms with van der Waals surface area (Å²) in [5.41, 5.74) is 0. The third-order valence-electron chi connectivity index (χ3n) is 0. The molecule has 0 aliphatic heterocycles. The Bertz CT molecular complexity index is 218. The normalized spacial score (nSPS) is 7.73. The van der Waals surface area contributed by atoms with E-state index in [-0.39, 0.29) is 128 Å². The van der Waals surface area contributed by atoms with Crippen LogP contribution in [0.5, 0.6) is 0 Å². The van der Waals surface area contributed by atoms with Gasteiger partial charge in [-0.2, -0.15) is 0 Å². The van der Waals surface area contributed by atoms with Crippen molar-refractivity contribution in [3.8, 4) is 0 Å². The molecule has 0 spiro atoms. The molecule has 15 heavy (non-hydrogen) atoms. The minimum atomic E-state index is -5.17. The standard InChI is InChI=1S/2Ba.2H2O4S.2O.Zn/c;;2*1-5(2,3)4;;;/h;;2*(H2,1,2,3,4);;;/q2*+2;;;2*-1;+2/p-4. The maximum absolute atomic E-state index is 8.52. The molecular weight excluding hydrogens is 564 g/mol. The maximum Gasteiger partial charge on any atom is 2.00 e. The molecule has 0 aromatic rings. The molecule has 0 aliphatic carbocycles. The SMILES string of the molecule is O=S(=O)([O-])[O-].O=S(=O)([O-])[O-].[Ba+2].[Ba+2].[O-].[O-].[Zn+2]. The zero-order chi connectivity index (χ0) is 9.00. The molecule has 0 unspecified atom stereocenters. The first-order valence-electron chi connectivity index (χ1n) is 1.33. The zero-order valence-corrected chi connectivity index (χ0v) is 20.5. The van der Waals surface area contributed by atoms with Crippen LogP contribution in [0.3, 0.4) is 0 Å². The molecule has 0 aromatic carbocycles. The van der Waals surface area contributed by atoms with E-state index in [1.54, 1.807) is 0 Å². The third-order valence-corrected chi connectivity index (χ3v) is 0. The van der Waals surface area contributed by atoms with E-state index in [1.165, 1.54) is 0 Å². The van der Waals surface area contributed by atoms with Crippen LogP contribution in [0.2, 0.25) is 0 Å². The van der Waals surface area contributed by atoms with Crippen LogP contribution in [0.15, 0.2) is 0 Å². The molecular formula is Ba2O10S2Zn. The molecule has 0 heterocycles. The topological polar surface area (TPSA) is 218 Å². The Balaban J connectivity index is -0.0000000128. The smallest absolute Gasteiger partial charge is 1.00 e. The van der Waals surface area contributed by atoms with Crippen LogP contribution >= 0.6 is 0 Å². The van der Waals surface area contributed by atoms with Crippen molar-refractivity contribution in [1.29, 1.82) is 0 Å². The predicted octanol–water partition coefficient (Wildman–Crippen LogP) is -3.68. The summed E-state index contributed by atoms with van der Waals surface area (Å²) in [5, 5.41) is 0. The van der Waals surface area contributed by atoms with Gasteiger partial charge >= 0.3 is 117 Å². The first-order chi connectivity index (χ1) is 4.00. The van der Waals surface area contributed by atoms with Gasteiger partial charge in [-0.05, 0) is 0 Å². The van der Waals surface area contributed by atoms with Crippen LogP contribution in [-0.2, 0) is 51.2 Å². The Labute approximate surface area is 180 Å². The van der Waals surface area contributed by atoms with E-state index in [4.69, 9.17) is 35.0 Å². The summed E-state index contributed by atoms with van der Waals surface area (Å²) in [6.45, 7) is 0. The summed E-state index contributed by atoms with van der Waals surface area (Å²) < 4.78 is 68.2. The van der Waals surface area contributed by atoms with Crippen molar-refractivity contribution in [2.75, 3.05) is 0 Å². The predicted molar refractivity (Wildman–Crippen MR) is 33.8 cm³/mol. The Morgan fingerprint density at radius 1 is 0.600 bits per heavy atom. The fourth-order valence-corrected chi connectivity index (χ4v) is 0. The first-order valence-corrected chi connectivity index (χ1v) is 4.00. The van der Waals surface area contributed by atoms with Crippen LogP contribution in [0.4, 0.5) is 0 Å². The molecule has 0 saturated heterocycles. The molecule has 0 saturated carbocycles. The molecule has 0 atom stereocenters. The molecule has 10 nitrogen and oxygen atoms in total. The maximum atomic E-state index is 8.52. The molecule has 0 bridgehead atoms. The summed E-state index contributed by atoms with van der Waals surface area (Å²) in [4.78, 5) is 0. The summed E-state index contributed by atoms with van der Waals surface area (Å²) >= 11 is 0. The second-order valence-electron chi connectivity index (χ2n) is 0.816. The third kappa shape index (κ3) is 353. The zero-order valence-electron chi connectivity index (χ0n) is 7.02. The molecule has 0 aromatic heterocycles. The number of hydrogen-bond acceptors (Lipinski definition) is 10. The Hall–Kier alpha value is 3.43. The first kappa shape index (κ1) is 42.9. The van der Waals surface area contributed by atoms with Crippen LogP contribution in [0.1, 0.15) is 0 Å². The minimum Gasteiger partial charge on any atom is -1.00 e. The van der Waals surface area contributed by atoms with Crippen molar-refractivity contribution >= 4 is 119 Å². The van der Waals surface area contributed by atoms with E-state index < -0.39 is 20.8 Å². The Kier molecular flexibility index (Phi) is 56.5. The summed E-state index contributed by atoms with van der Waals surface area (Å²) in [6, 6.07) is 0. The molecule has 2 radical (unpaired) electrons. The van der Waals surface area contributed by atoms with Crippen molar-refractivity contribution in [2.24, 2.45) is 0 Å². The Morgan fingerprint density at radius 2 is 0.600 bits per heavy atom. The van der Waals surface area contributed by atoms with Gasteiger partial charge in [-0.15, -0.1) is 0 Å².